The van der Waals surface area contributed by atoms with Crippen molar-refractivity contribution in [2.24, 2.45) is 23.3 Å². The first kappa shape index (κ1) is 14.2. The van der Waals surface area contributed by atoms with Gasteiger partial charge in [0.2, 0.25) is 11.8 Å². The van der Waals surface area contributed by atoms with Gasteiger partial charge in [0.1, 0.15) is 6.54 Å². The van der Waals surface area contributed by atoms with Gasteiger partial charge in [0.05, 0.1) is 17.8 Å². The van der Waals surface area contributed by atoms with Gasteiger partial charge in [-0.15, -0.1) is 0 Å². The Balaban J connectivity index is 2.64. The molecular formula is C11H19N5O2. The van der Waals surface area contributed by atoms with E-state index in [1.807, 2.05) is 13.8 Å². The number of nitrogens with one attached hydrogen (secondary N) is 1. The van der Waals surface area contributed by atoms with Gasteiger partial charge in [0.25, 0.3) is 0 Å². The summed E-state index contributed by atoms with van der Waals surface area (Å²) in [5.74, 6) is -0.718. The second-order valence-corrected chi connectivity index (χ2v) is 4.47. The zero-order chi connectivity index (χ0) is 13.7. The zero-order valence-electron chi connectivity index (χ0n) is 10.6. The summed E-state index contributed by atoms with van der Waals surface area (Å²) in [6.07, 6.45) is 3.02. The first-order chi connectivity index (χ1) is 8.43. The Hall–Kier alpha value is -1.89. The maximum absolute atomic E-state index is 11.9. The van der Waals surface area contributed by atoms with E-state index in [4.69, 9.17) is 11.5 Å². The van der Waals surface area contributed by atoms with E-state index in [0.29, 0.717) is 12.2 Å². The monoisotopic (exact) mass is 253 g/mol. The number of nitrogens with two attached hydrogens (primary N) is 2. The van der Waals surface area contributed by atoms with Crippen molar-refractivity contribution in [2.45, 2.75) is 20.4 Å². The molecule has 0 aliphatic carbocycles. The van der Waals surface area contributed by atoms with Crippen LogP contribution in [0.15, 0.2) is 12.4 Å². The van der Waals surface area contributed by atoms with Crippen LogP contribution in [0.1, 0.15) is 13.8 Å². The van der Waals surface area contributed by atoms with Crippen LogP contribution in [0, 0.1) is 11.8 Å². The summed E-state index contributed by atoms with van der Waals surface area (Å²) < 4.78 is 1.37. The molecule has 1 aromatic rings. The standard InChI is InChI=1S/C11H19N5O2/c1-7(2)9(3-12)11(18)15-8-4-14-16(5-8)6-10(13)17/h4-5,7,9H,3,6,12H2,1-2H3,(H2,13,17)(H,15,18). The summed E-state index contributed by atoms with van der Waals surface area (Å²) >= 11 is 0. The van der Waals surface area contributed by atoms with Crippen molar-refractivity contribution >= 4 is 17.5 Å². The van der Waals surface area contributed by atoms with Gasteiger partial charge in [-0.2, -0.15) is 5.10 Å². The number of hydrogen-bond acceptors (Lipinski definition) is 4. The molecule has 0 bridgehead atoms. The lowest BCUT2D eigenvalue weighted by molar-refractivity contribution is -0.121. The fourth-order valence-corrected chi connectivity index (χ4v) is 1.59. The zero-order valence-corrected chi connectivity index (χ0v) is 10.6. The molecule has 0 saturated carbocycles. The van der Waals surface area contributed by atoms with Crippen LogP contribution in [0.4, 0.5) is 5.69 Å². The Bertz CT molecular complexity index is 427. The average molecular weight is 253 g/mol. The van der Waals surface area contributed by atoms with Gasteiger partial charge in [-0.3, -0.25) is 14.3 Å². The van der Waals surface area contributed by atoms with Crippen LogP contribution >= 0.6 is 0 Å². The molecule has 0 aliphatic rings. The van der Waals surface area contributed by atoms with Crippen molar-refractivity contribution < 1.29 is 9.59 Å². The number of carbonyl (C=O) groups is 2. The fraction of sp³-hybridized carbons (Fsp3) is 0.545. The molecule has 1 rings (SSSR count). The molecule has 2 amide bonds. The van der Waals surface area contributed by atoms with E-state index in [9.17, 15) is 9.59 Å². The Morgan fingerprint density at radius 3 is 2.67 bits per heavy atom. The third-order valence-corrected chi connectivity index (χ3v) is 2.61. The van der Waals surface area contributed by atoms with Crippen molar-refractivity contribution in [1.29, 1.82) is 0 Å². The van der Waals surface area contributed by atoms with E-state index >= 15 is 0 Å². The molecule has 1 unspecified atom stereocenters. The van der Waals surface area contributed by atoms with E-state index in [-0.39, 0.29) is 24.3 Å². The van der Waals surface area contributed by atoms with Gasteiger partial charge in [0.15, 0.2) is 0 Å². The third kappa shape index (κ3) is 3.85. The summed E-state index contributed by atoms with van der Waals surface area (Å²) in [5.41, 5.74) is 11.1. The van der Waals surface area contributed by atoms with Gasteiger partial charge >= 0.3 is 0 Å². The van der Waals surface area contributed by atoms with Crippen LogP contribution in [0.2, 0.25) is 0 Å². The number of rotatable bonds is 6. The van der Waals surface area contributed by atoms with Gasteiger partial charge in [-0.05, 0) is 5.92 Å². The lowest BCUT2D eigenvalue weighted by Gasteiger charge is -2.17. The second-order valence-electron chi connectivity index (χ2n) is 4.47. The minimum atomic E-state index is -0.488. The van der Waals surface area contributed by atoms with Crippen molar-refractivity contribution in [1.82, 2.24) is 9.78 Å². The highest BCUT2D eigenvalue weighted by Gasteiger charge is 2.20. The maximum Gasteiger partial charge on any atom is 0.239 e. The Morgan fingerprint density at radius 1 is 1.50 bits per heavy atom. The molecule has 0 radical (unpaired) electrons. The third-order valence-electron chi connectivity index (χ3n) is 2.61. The number of hydrogen-bond donors (Lipinski definition) is 3. The molecule has 0 saturated heterocycles. The van der Waals surface area contributed by atoms with Crippen LogP contribution in [0.25, 0.3) is 0 Å². The van der Waals surface area contributed by atoms with E-state index in [0.717, 1.165) is 0 Å². The van der Waals surface area contributed by atoms with Crippen molar-refractivity contribution in [3.63, 3.8) is 0 Å². The van der Waals surface area contributed by atoms with Crippen molar-refractivity contribution in [3.05, 3.63) is 12.4 Å². The highest BCUT2D eigenvalue weighted by molar-refractivity contribution is 5.92. The van der Waals surface area contributed by atoms with E-state index in [1.165, 1.54) is 10.9 Å². The molecule has 0 spiro atoms. The predicted octanol–water partition coefficient (Wildman–Crippen LogP) is -0.462. The van der Waals surface area contributed by atoms with Crippen LogP contribution < -0.4 is 16.8 Å². The average Bonchev–Trinajstić information content (AvgIpc) is 2.64. The van der Waals surface area contributed by atoms with Gasteiger partial charge in [-0.1, -0.05) is 13.8 Å². The maximum atomic E-state index is 11.9. The Labute approximate surface area is 106 Å². The summed E-state index contributed by atoms with van der Waals surface area (Å²) in [7, 11) is 0. The fourth-order valence-electron chi connectivity index (χ4n) is 1.59. The molecule has 100 valence electrons. The quantitative estimate of drug-likeness (QED) is 0.636. The molecule has 0 aromatic carbocycles. The molecule has 0 fully saturated rings. The van der Waals surface area contributed by atoms with Crippen LogP contribution in [0.3, 0.4) is 0 Å². The van der Waals surface area contributed by atoms with Gasteiger partial charge < -0.3 is 16.8 Å². The predicted molar refractivity (Wildman–Crippen MR) is 67.4 cm³/mol. The number of primary amides is 1. The summed E-state index contributed by atoms with van der Waals surface area (Å²) in [5, 5.41) is 6.62. The highest BCUT2D eigenvalue weighted by Crippen LogP contribution is 2.13. The molecule has 1 atom stereocenters. The van der Waals surface area contributed by atoms with Gasteiger partial charge in [-0.25, -0.2) is 0 Å². The van der Waals surface area contributed by atoms with Crippen LogP contribution in [-0.2, 0) is 16.1 Å². The first-order valence-corrected chi connectivity index (χ1v) is 5.75. The minimum absolute atomic E-state index is 0.0135. The molecule has 5 N–H and O–H groups in total. The van der Waals surface area contributed by atoms with Crippen molar-refractivity contribution in [2.75, 3.05) is 11.9 Å². The van der Waals surface area contributed by atoms with Crippen LogP contribution in [-0.4, -0.2) is 28.1 Å². The van der Waals surface area contributed by atoms with E-state index in [2.05, 4.69) is 10.4 Å². The molecule has 7 heteroatoms. The van der Waals surface area contributed by atoms with Gasteiger partial charge in [0, 0.05) is 12.7 Å². The Kier molecular flexibility index (Phi) is 4.85. The molecule has 1 heterocycles. The van der Waals surface area contributed by atoms with Crippen molar-refractivity contribution in [3.8, 4) is 0 Å². The Morgan fingerprint density at radius 2 is 2.17 bits per heavy atom. The summed E-state index contributed by atoms with van der Waals surface area (Å²) in [6.45, 7) is 4.15. The lowest BCUT2D eigenvalue weighted by Crippen LogP contribution is -2.32. The molecule has 7 nitrogen and oxygen atoms in total. The number of amides is 2. The van der Waals surface area contributed by atoms with E-state index in [1.54, 1.807) is 6.20 Å². The SMILES string of the molecule is CC(C)C(CN)C(=O)Nc1cnn(CC(N)=O)c1. The molecular weight excluding hydrogens is 234 g/mol. The largest absolute Gasteiger partial charge is 0.368 e. The van der Waals surface area contributed by atoms with E-state index < -0.39 is 5.91 Å². The number of anilines is 1. The number of carbonyl (C=O) groups excluding carboxylic acids is 2. The minimum Gasteiger partial charge on any atom is -0.368 e. The lowest BCUT2D eigenvalue weighted by atomic mass is 9.95. The normalized spacial score (nSPS) is 12.4. The highest BCUT2D eigenvalue weighted by atomic mass is 16.2. The topological polar surface area (TPSA) is 116 Å². The summed E-state index contributed by atoms with van der Waals surface area (Å²) in [6, 6.07) is 0. The summed E-state index contributed by atoms with van der Waals surface area (Å²) in [4.78, 5) is 22.6. The second kappa shape index (κ2) is 6.15. The molecule has 1 aromatic heterocycles. The molecule has 0 aliphatic heterocycles. The first-order valence-electron chi connectivity index (χ1n) is 5.75. The smallest absolute Gasteiger partial charge is 0.239 e. The van der Waals surface area contributed by atoms with Crippen LogP contribution in [0.5, 0.6) is 0 Å². The number of nitrogens with zero attached hydrogens (tertiary/aromatic N) is 2. The molecule has 18 heavy (non-hydrogen) atoms. The number of aromatic nitrogens is 2.